The summed E-state index contributed by atoms with van der Waals surface area (Å²) in [5.74, 6) is 0.0893. The zero-order valence-electron chi connectivity index (χ0n) is 13.8. The normalized spacial score (nSPS) is 15.4. The fraction of sp³-hybridized carbons (Fsp3) is 0.412. The molecular weight excluding hydrogens is 306 g/mol. The maximum atomic E-state index is 12.2. The van der Waals surface area contributed by atoms with Crippen LogP contribution in [0.5, 0.6) is 5.75 Å². The van der Waals surface area contributed by atoms with Gasteiger partial charge in [-0.2, -0.15) is 5.26 Å². The molecule has 1 aliphatic rings. The minimum absolute atomic E-state index is 0.0289. The van der Waals surface area contributed by atoms with Crippen molar-refractivity contribution in [1.29, 1.82) is 5.26 Å². The van der Waals surface area contributed by atoms with Gasteiger partial charge in [-0.3, -0.25) is 9.69 Å². The Hall–Kier alpha value is -2.56. The van der Waals surface area contributed by atoms with Crippen LogP contribution in [0.15, 0.2) is 36.0 Å². The van der Waals surface area contributed by atoms with E-state index in [0.29, 0.717) is 18.0 Å². The van der Waals surface area contributed by atoms with Crippen LogP contribution < -0.4 is 20.7 Å². The van der Waals surface area contributed by atoms with Crippen molar-refractivity contribution in [3.05, 3.63) is 36.0 Å². The van der Waals surface area contributed by atoms with Gasteiger partial charge in [0.1, 0.15) is 17.4 Å². The van der Waals surface area contributed by atoms with Gasteiger partial charge in [0.05, 0.1) is 12.8 Å². The average molecular weight is 329 g/mol. The summed E-state index contributed by atoms with van der Waals surface area (Å²) in [6.07, 6.45) is 1.47. The Labute approximate surface area is 142 Å². The fourth-order valence-electron chi connectivity index (χ4n) is 2.42. The third-order valence-corrected chi connectivity index (χ3v) is 3.75. The van der Waals surface area contributed by atoms with E-state index in [-0.39, 0.29) is 5.57 Å². The van der Waals surface area contributed by atoms with E-state index < -0.39 is 5.91 Å². The molecule has 1 fully saturated rings. The molecule has 1 aromatic carbocycles. The maximum Gasteiger partial charge on any atom is 0.267 e. The summed E-state index contributed by atoms with van der Waals surface area (Å²) < 4.78 is 5.18. The number of nitrogens with one attached hydrogen (secondary N) is 3. The predicted octanol–water partition coefficient (Wildman–Crippen LogP) is 0.536. The van der Waals surface area contributed by atoms with Gasteiger partial charge in [-0.15, -0.1) is 0 Å². The van der Waals surface area contributed by atoms with Crippen molar-refractivity contribution < 1.29 is 9.53 Å². The molecule has 1 saturated heterocycles. The third kappa shape index (κ3) is 5.26. The first kappa shape index (κ1) is 17.8. The highest BCUT2D eigenvalue weighted by molar-refractivity contribution is 6.07. The summed E-state index contributed by atoms with van der Waals surface area (Å²) in [7, 11) is 1.53. The van der Waals surface area contributed by atoms with Crippen molar-refractivity contribution in [2.75, 3.05) is 51.7 Å². The summed E-state index contributed by atoms with van der Waals surface area (Å²) in [4.78, 5) is 14.5. The first-order chi connectivity index (χ1) is 11.7. The molecule has 2 rings (SSSR count). The van der Waals surface area contributed by atoms with Crippen molar-refractivity contribution in [1.82, 2.24) is 15.5 Å². The highest BCUT2D eigenvalue weighted by atomic mass is 16.5. The maximum absolute atomic E-state index is 12.2. The molecule has 0 spiro atoms. The van der Waals surface area contributed by atoms with Gasteiger partial charge < -0.3 is 20.7 Å². The standard InChI is InChI=1S/C17H23N5O2/c1-24-16-5-3-2-4-15(16)21-17(23)14(12-18)13-20-8-11-22-9-6-19-7-10-22/h2-5,13,19-20H,6-11H2,1H3,(H,21,23)/b14-13-. The van der Waals surface area contributed by atoms with Gasteiger partial charge in [0, 0.05) is 45.5 Å². The number of carbonyl (C=O) groups excluding carboxylic acids is 1. The van der Waals surface area contributed by atoms with Crippen LogP contribution in [0.3, 0.4) is 0 Å². The Balaban J connectivity index is 1.85. The molecule has 0 aliphatic carbocycles. The number of ether oxygens (including phenoxy) is 1. The first-order valence-corrected chi connectivity index (χ1v) is 7.95. The largest absolute Gasteiger partial charge is 0.495 e. The van der Waals surface area contributed by atoms with Crippen LogP contribution in [-0.2, 0) is 4.79 Å². The van der Waals surface area contributed by atoms with Gasteiger partial charge in [-0.25, -0.2) is 0 Å². The summed E-state index contributed by atoms with van der Waals surface area (Å²) >= 11 is 0. The Morgan fingerprint density at radius 2 is 2.17 bits per heavy atom. The number of para-hydroxylation sites is 2. The van der Waals surface area contributed by atoms with E-state index in [1.54, 1.807) is 18.2 Å². The number of methoxy groups -OCH3 is 1. The number of rotatable bonds is 7. The van der Waals surface area contributed by atoms with Crippen molar-refractivity contribution in [2.45, 2.75) is 0 Å². The van der Waals surface area contributed by atoms with E-state index >= 15 is 0 Å². The highest BCUT2D eigenvalue weighted by Gasteiger charge is 2.12. The van der Waals surface area contributed by atoms with Gasteiger partial charge >= 0.3 is 0 Å². The molecule has 24 heavy (non-hydrogen) atoms. The molecule has 0 radical (unpaired) electrons. The summed E-state index contributed by atoms with van der Waals surface area (Å²) in [6, 6.07) is 9.00. The van der Waals surface area contributed by atoms with Crippen molar-refractivity contribution in [3.8, 4) is 11.8 Å². The second-order valence-electron chi connectivity index (χ2n) is 5.37. The number of hydrogen-bond donors (Lipinski definition) is 3. The van der Waals surface area contributed by atoms with Gasteiger partial charge in [0.2, 0.25) is 0 Å². The number of nitrogens with zero attached hydrogens (tertiary/aromatic N) is 2. The Morgan fingerprint density at radius 3 is 2.88 bits per heavy atom. The minimum Gasteiger partial charge on any atom is -0.495 e. The molecule has 128 valence electrons. The van der Waals surface area contributed by atoms with Crippen LogP contribution in [-0.4, -0.2) is 57.2 Å². The van der Waals surface area contributed by atoms with E-state index in [4.69, 9.17) is 4.74 Å². The lowest BCUT2D eigenvalue weighted by atomic mass is 10.2. The highest BCUT2D eigenvalue weighted by Crippen LogP contribution is 2.23. The second kappa shape index (κ2) is 9.55. The topological polar surface area (TPSA) is 89.4 Å². The summed E-state index contributed by atoms with van der Waals surface area (Å²) in [5, 5.41) is 18.2. The van der Waals surface area contributed by atoms with Gasteiger partial charge in [-0.05, 0) is 12.1 Å². The van der Waals surface area contributed by atoms with E-state index in [1.807, 2.05) is 12.1 Å². The average Bonchev–Trinajstić information content (AvgIpc) is 2.63. The number of anilines is 1. The molecule has 0 unspecified atom stereocenters. The van der Waals surface area contributed by atoms with Crippen LogP contribution in [0.4, 0.5) is 5.69 Å². The van der Waals surface area contributed by atoms with E-state index in [0.717, 1.165) is 32.7 Å². The lowest BCUT2D eigenvalue weighted by Crippen LogP contribution is -2.45. The van der Waals surface area contributed by atoms with Gasteiger partial charge in [0.15, 0.2) is 0 Å². The Morgan fingerprint density at radius 1 is 1.42 bits per heavy atom. The molecule has 1 aliphatic heterocycles. The first-order valence-electron chi connectivity index (χ1n) is 7.95. The van der Waals surface area contributed by atoms with Gasteiger partial charge in [-0.1, -0.05) is 12.1 Å². The molecule has 0 bridgehead atoms. The van der Waals surface area contributed by atoms with Crippen LogP contribution in [0.25, 0.3) is 0 Å². The lowest BCUT2D eigenvalue weighted by molar-refractivity contribution is -0.112. The molecule has 1 aromatic rings. The number of piperazine rings is 1. The van der Waals surface area contributed by atoms with E-state index in [1.165, 1.54) is 13.3 Å². The summed E-state index contributed by atoms with van der Waals surface area (Å²) in [5.41, 5.74) is 0.563. The molecule has 0 saturated carbocycles. The molecule has 3 N–H and O–H groups in total. The zero-order chi connectivity index (χ0) is 17.2. The van der Waals surface area contributed by atoms with Crippen LogP contribution >= 0.6 is 0 Å². The zero-order valence-corrected chi connectivity index (χ0v) is 13.8. The number of nitriles is 1. The number of benzene rings is 1. The molecule has 0 aromatic heterocycles. The summed E-state index contributed by atoms with van der Waals surface area (Å²) in [6.45, 7) is 5.61. The second-order valence-corrected chi connectivity index (χ2v) is 5.37. The number of carbonyl (C=O) groups is 1. The van der Waals surface area contributed by atoms with Crippen LogP contribution in [0.1, 0.15) is 0 Å². The molecule has 1 amide bonds. The van der Waals surface area contributed by atoms with Crippen LogP contribution in [0.2, 0.25) is 0 Å². The molecule has 0 atom stereocenters. The van der Waals surface area contributed by atoms with Crippen LogP contribution in [0, 0.1) is 11.3 Å². The smallest absolute Gasteiger partial charge is 0.267 e. The molecule has 1 heterocycles. The third-order valence-electron chi connectivity index (χ3n) is 3.75. The van der Waals surface area contributed by atoms with Gasteiger partial charge in [0.25, 0.3) is 5.91 Å². The quantitative estimate of drug-likeness (QED) is 0.384. The van der Waals surface area contributed by atoms with Crippen molar-refractivity contribution in [3.63, 3.8) is 0 Å². The number of hydrogen-bond acceptors (Lipinski definition) is 6. The SMILES string of the molecule is COc1ccccc1NC(=O)/C(C#N)=C\NCCN1CCNCC1. The Bertz CT molecular complexity index is 618. The number of amides is 1. The van der Waals surface area contributed by atoms with Crippen molar-refractivity contribution in [2.24, 2.45) is 0 Å². The molecule has 7 nitrogen and oxygen atoms in total. The molecule has 7 heteroatoms. The Kier molecular flexibility index (Phi) is 7.08. The van der Waals surface area contributed by atoms with Crippen molar-refractivity contribution >= 4 is 11.6 Å². The predicted molar refractivity (Wildman–Crippen MR) is 92.6 cm³/mol. The minimum atomic E-state index is -0.461. The lowest BCUT2D eigenvalue weighted by Gasteiger charge is -2.26. The van der Waals surface area contributed by atoms with E-state index in [9.17, 15) is 10.1 Å². The van der Waals surface area contributed by atoms with E-state index in [2.05, 4.69) is 20.9 Å². The monoisotopic (exact) mass is 329 g/mol. The molecular formula is C17H23N5O2. The fourth-order valence-corrected chi connectivity index (χ4v) is 2.42.